The molecule has 0 spiro atoms. The Hall–Kier alpha value is -1.69. The standard InChI is InChI=1S/C18H26FO6P/c1-6-16(14-10-12-15(22-5)13-11-14)18(19,17(20)23-7-2)26(21,24-8-3)25-9-4/h6,10-13,16H,1,7-9H2,2-5H3/t16-,18-/m1/s1. The summed E-state index contributed by atoms with van der Waals surface area (Å²) in [5.41, 5.74) is 0.357. The van der Waals surface area contributed by atoms with Crippen molar-refractivity contribution < 1.29 is 32.3 Å². The lowest BCUT2D eigenvalue weighted by Gasteiger charge is -2.35. The summed E-state index contributed by atoms with van der Waals surface area (Å²) in [6, 6.07) is 6.31. The van der Waals surface area contributed by atoms with Gasteiger partial charge in [0.1, 0.15) is 5.75 Å². The molecule has 1 aromatic rings. The molecule has 26 heavy (non-hydrogen) atoms. The van der Waals surface area contributed by atoms with Gasteiger partial charge in [-0.05, 0) is 38.5 Å². The maximum atomic E-state index is 16.2. The van der Waals surface area contributed by atoms with E-state index in [2.05, 4.69) is 6.58 Å². The Labute approximate surface area is 153 Å². The first-order chi connectivity index (χ1) is 12.3. The first kappa shape index (κ1) is 22.4. The van der Waals surface area contributed by atoms with E-state index in [-0.39, 0.29) is 19.8 Å². The summed E-state index contributed by atoms with van der Waals surface area (Å²) in [6.45, 7) is 7.92. The van der Waals surface area contributed by atoms with Crippen LogP contribution in [0.15, 0.2) is 36.9 Å². The van der Waals surface area contributed by atoms with Crippen molar-refractivity contribution in [1.29, 1.82) is 0 Å². The van der Waals surface area contributed by atoms with Crippen molar-refractivity contribution in [3.63, 3.8) is 0 Å². The van der Waals surface area contributed by atoms with Crippen molar-refractivity contribution in [1.82, 2.24) is 0 Å². The number of rotatable bonds is 11. The van der Waals surface area contributed by atoms with Gasteiger partial charge in [-0.2, -0.15) is 0 Å². The number of halogens is 1. The van der Waals surface area contributed by atoms with Gasteiger partial charge in [-0.1, -0.05) is 18.2 Å². The zero-order chi connectivity index (χ0) is 19.8. The van der Waals surface area contributed by atoms with Gasteiger partial charge in [-0.3, -0.25) is 4.57 Å². The van der Waals surface area contributed by atoms with Crippen LogP contribution in [0.1, 0.15) is 32.3 Å². The lowest BCUT2D eigenvalue weighted by molar-refractivity contribution is -0.153. The number of benzene rings is 1. The van der Waals surface area contributed by atoms with Gasteiger partial charge >= 0.3 is 19.0 Å². The van der Waals surface area contributed by atoms with E-state index in [0.717, 1.165) is 0 Å². The van der Waals surface area contributed by atoms with Crippen LogP contribution in [-0.4, -0.2) is 38.3 Å². The average Bonchev–Trinajstić information content (AvgIpc) is 2.63. The van der Waals surface area contributed by atoms with Gasteiger partial charge in [0.2, 0.25) is 0 Å². The van der Waals surface area contributed by atoms with E-state index in [0.29, 0.717) is 11.3 Å². The number of carbonyl (C=O) groups is 1. The molecule has 0 aliphatic heterocycles. The van der Waals surface area contributed by atoms with Gasteiger partial charge in [0.15, 0.2) is 0 Å². The summed E-state index contributed by atoms with van der Waals surface area (Å²) < 4.78 is 49.7. The molecular formula is C18H26FO6P. The summed E-state index contributed by atoms with van der Waals surface area (Å²) in [5.74, 6) is -2.07. The number of hydrogen-bond acceptors (Lipinski definition) is 6. The van der Waals surface area contributed by atoms with Crippen LogP contribution in [0, 0.1) is 0 Å². The number of ether oxygens (including phenoxy) is 2. The lowest BCUT2D eigenvalue weighted by atomic mass is 9.93. The van der Waals surface area contributed by atoms with E-state index in [1.807, 2.05) is 0 Å². The highest BCUT2D eigenvalue weighted by atomic mass is 31.2. The van der Waals surface area contributed by atoms with Gasteiger partial charge in [-0.15, -0.1) is 6.58 Å². The van der Waals surface area contributed by atoms with Crippen molar-refractivity contribution in [2.75, 3.05) is 26.9 Å². The Balaban J connectivity index is 3.56. The average molecular weight is 388 g/mol. The molecule has 0 bridgehead atoms. The Kier molecular flexibility index (Phi) is 8.47. The van der Waals surface area contributed by atoms with Crippen molar-refractivity contribution in [3.05, 3.63) is 42.5 Å². The second-order valence-electron chi connectivity index (χ2n) is 5.21. The monoisotopic (exact) mass is 388 g/mol. The van der Waals surface area contributed by atoms with Gasteiger partial charge in [0.25, 0.3) is 0 Å². The number of alkyl halides is 1. The van der Waals surface area contributed by atoms with E-state index < -0.39 is 24.9 Å². The first-order valence-electron chi connectivity index (χ1n) is 8.36. The van der Waals surface area contributed by atoms with Gasteiger partial charge in [0, 0.05) is 0 Å². The molecule has 0 unspecified atom stereocenters. The Morgan fingerprint density at radius 3 is 2.12 bits per heavy atom. The van der Waals surface area contributed by atoms with Crippen LogP contribution in [0.5, 0.6) is 5.75 Å². The third-order valence-electron chi connectivity index (χ3n) is 3.68. The molecule has 146 valence electrons. The Morgan fingerprint density at radius 2 is 1.73 bits per heavy atom. The van der Waals surface area contributed by atoms with E-state index in [4.69, 9.17) is 18.5 Å². The molecule has 0 aromatic heterocycles. The quantitative estimate of drug-likeness (QED) is 0.317. The normalized spacial score (nSPS) is 15.0. The number of carbonyl (C=O) groups excluding carboxylic acids is 1. The van der Waals surface area contributed by atoms with Crippen LogP contribution in [-0.2, 0) is 23.1 Å². The van der Waals surface area contributed by atoms with E-state index >= 15 is 4.39 Å². The summed E-state index contributed by atoms with van der Waals surface area (Å²) in [4.78, 5) is 12.6. The summed E-state index contributed by atoms with van der Waals surface area (Å²) in [7, 11) is -3.03. The van der Waals surface area contributed by atoms with Gasteiger partial charge in [-0.25, -0.2) is 9.18 Å². The number of methoxy groups -OCH3 is 1. The molecule has 1 rings (SSSR count). The van der Waals surface area contributed by atoms with Crippen LogP contribution in [0.2, 0.25) is 0 Å². The van der Waals surface area contributed by atoms with E-state index in [1.54, 1.807) is 24.3 Å². The van der Waals surface area contributed by atoms with Crippen molar-refractivity contribution in [3.8, 4) is 5.75 Å². The molecule has 0 aliphatic rings. The zero-order valence-electron chi connectivity index (χ0n) is 15.6. The molecular weight excluding hydrogens is 362 g/mol. The molecule has 6 nitrogen and oxygen atoms in total. The van der Waals surface area contributed by atoms with E-state index in [9.17, 15) is 9.36 Å². The van der Waals surface area contributed by atoms with Crippen LogP contribution >= 0.6 is 7.60 Å². The fourth-order valence-corrected chi connectivity index (χ4v) is 4.54. The minimum absolute atomic E-state index is 0.0881. The summed E-state index contributed by atoms with van der Waals surface area (Å²) in [5, 5.41) is -3.08. The molecule has 0 saturated carbocycles. The number of esters is 1. The Morgan fingerprint density at radius 1 is 1.19 bits per heavy atom. The highest BCUT2D eigenvalue weighted by Crippen LogP contribution is 2.66. The molecule has 0 amide bonds. The smallest absolute Gasteiger partial charge is 0.380 e. The third-order valence-corrected chi connectivity index (χ3v) is 6.14. The van der Waals surface area contributed by atoms with Gasteiger partial charge < -0.3 is 18.5 Å². The molecule has 0 aliphatic carbocycles. The highest BCUT2D eigenvalue weighted by Gasteiger charge is 2.64. The highest BCUT2D eigenvalue weighted by molar-refractivity contribution is 7.56. The molecule has 0 N–H and O–H groups in total. The Bertz CT molecular complexity index is 638. The third kappa shape index (κ3) is 4.34. The van der Waals surface area contributed by atoms with Crippen molar-refractivity contribution >= 4 is 13.6 Å². The molecule has 0 saturated heterocycles. The summed E-state index contributed by atoms with van der Waals surface area (Å²) >= 11 is 0. The maximum Gasteiger partial charge on any atom is 0.380 e. The van der Waals surface area contributed by atoms with Gasteiger partial charge in [0.05, 0.1) is 32.8 Å². The topological polar surface area (TPSA) is 71.1 Å². The predicted octanol–water partition coefficient (Wildman–Crippen LogP) is 4.46. The minimum atomic E-state index is -4.53. The second-order valence-corrected chi connectivity index (χ2v) is 7.38. The molecule has 1 aromatic carbocycles. The molecule has 8 heteroatoms. The molecule has 0 fully saturated rings. The maximum absolute atomic E-state index is 16.2. The van der Waals surface area contributed by atoms with Crippen LogP contribution in [0.25, 0.3) is 0 Å². The number of hydrogen-bond donors (Lipinski definition) is 0. The SMILES string of the molecule is C=C[C@H](c1ccc(OC)cc1)[C@](F)(C(=O)OCC)P(=O)(OCC)OCC. The van der Waals surface area contributed by atoms with E-state index in [1.165, 1.54) is 34.0 Å². The van der Waals surface area contributed by atoms with Crippen molar-refractivity contribution in [2.45, 2.75) is 32.1 Å². The fourth-order valence-electron chi connectivity index (χ4n) is 2.53. The van der Waals surface area contributed by atoms with Crippen LogP contribution in [0.3, 0.4) is 0 Å². The van der Waals surface area contributed by atoms with Crippen LogP contribution in [0.4, 0.5) is 4.39 Å². The van der Waals surface area contributed by atoms with Crippen molar-refractivity contribution in [2.24, 2.45) is 0 Å². The molecule has 0 heterocycles. The zero-order valence-corrected chi connectivity index (χ0v) is 16.5. The molecule has 2 atom stereocenters. The minimum Gasteiger partial charge on any atom is -0.497 e. The largest absolute Gasteiger partial charge is 0.497 e. The first-order valence-corrected chi connectivity index (χ1v) is 9.90. The number of allylic oxidation sites excluding steroid dienone is 1. The molecule has 0 radical (unpaired) electrons. The summed E-state index contributed by atoms with van der Waals surface area (Å²) in [6.07, 6.45) is 1.20. The fraction of sp³-hybridized carbons (Fsp3) is 0.500. The predicted molar refractivity (Wildman–Crippen MR) is 97.3 cm³/mol. The second kappa shape index (κ2) is 9.86. The lowest BCUT2D eigenvalue weighted by Crippen LogP contribution is -2.42. The van der Waals surface area contributed by atoms with Crippen LogP contribution < -0.4 is 4.74 Å².